The zero-order valence-electron chi connectivity index (χ0n) is 22.8. The molecule has 5 nitrogen and oxygen atoms in total. The minimum absolute atomic E-state index is 0.0705. The molecular weight excluding hydrogens is 470 g/mol. The monoisotopic (exact) mass is 503 g/mol. The molecule has 0 spiro atoms. The number of hydrogen-bond donors (Lipinski definition) is 1. The van der Waals surface area contributed by atoms with E-state index in [0.29, 0.717) is 22.7 Å². The standard InChI is InChI=1S/C33H33N3O2/c1-32(2,3)23-18-22(30(37)26(19-23)33(4,5)6)20-35-27-12-8-7-10-25(27)31-36-29-24(11-9-13-28(29)38-31)21-14-16-34-17-15-21/h7-20,37H,1-6H3. The first-order chi connectivity index (χ1) is 18.0. The average molecular weight is 504 g/mol. The Bertz CT molecular complexity index is 1640. The van der Waals surface area contributed by atoms with Gasteiger partial charge in [-0.1, -0.05) is 71.9 Å². The van der Waals surface area contributed by atoms with E-state index in [2.05, 4.69) is 52.6 Å². The molecule has 3 aromatic carbocycles. The molecule has 0 unspecified atom stereocenters. The van der Waals surface area contributed by atoms with Crippen molar-refractivity contribution >= 4 is 23.0 Å². The van der Waals surface area contributed by atoms with E-state index in [4.69, 9.17) is 14.4 Å². The van der Waals surface area contributed by atoms with Crippen LogP contribution < -0.4 is 0 Å². The van der Waals surface area contributed by atoms with Crippen molar-refractivity contribution in [1.29, 1.82) is 0 Å². The minimum atomic E-state index is -0.212. The second-order valence-electron chi connectivity index (χ2n) is 11.6. The number of phenols is 1. The van der Waals surface area contributed by atoms with Crippen molar-refractivity contribution in [2.75, 3.05) is 0 Å². The highest BCUT2D eigenvalue weighted by Gasteiger charge is 2.24. The SMILES string of the molecule is CC(C)(C)c1cc(C=Nc2ccccc2-c2nc3c(-c4ccncc4)cccc3o2)c(O)c(C(C)(C)C)c1. The van der Waals surface area contributed by atoms with Gasteiger partial charge >= 0.3 is 0 Å². The van der Waals surface area contributed by atoms with Gasteiger partial charge in [0.15, 0.2) is 5.58 Å². The van der Waals surface area contributed by atoms with Crippen molar-refractivity contribution in [3.8, 4) is 28.3 Å². The molecule has 0 saturated heterocycles. The molecule has 0 aliphatic rings. The van der Waals surface area contributed by atoms with Crippen molar-refractivity contribution in [3.05, 3.63) is 95.8 Å². The minimum Gasteiger partial charge on any atom is -0.507 e. The van der Waals surface area contributed by atoms with Gasteiger partial charge in [-0.05, 0) is 58.4 Å². The molecule has 0 bridgehead atoms. The van der Waals surface area contributed by atoms with Gasteiger partial charge in [0.05, 0.1) is 11.3 Å². The molecule has 5 rings (SSSR count). The van der Waals surface area contributed by atoms with Crippen LogP contribution in [-0.4, -0.2) is 21.3 Å². The fraction of sp³-hybridized carbons (Fsp3) is 0.242. The van der Waals surface area contributed by atoms with Crippen molar-refractivity contribution in [2.24, 2.45) is 4.99 Å². The second-order valence-corrected chi connectivity index (χ2v) is 11.6. The van der Waals surface area contributed by atoms with E-state index in [1.165, 1.54) is 0 Å². The van der Waals surface area contributed by atoms with Gasteiger partial charge in [0, 0.05) is 35.3 Å². The van der Waals surface area contributed by atoms with Gasteiger partial charge in [-0.15, -0.1) is 0 Å². The van der Waals surface area contributed by atoms with Crippen LogP contribution in [0.25, 0.3) is 33.7 Å². The highest BCUT2D eigenvalue weighted by molar-refractivity contribution is 5.93. The Hall–Kier alpha value is -4.25. The number of rotatable bonds is 4. The average Bonchev–Trinajstić information content (AvgIpc) is 3.32. The Morgan fingerprint density at radius 1 is 0.816 bits per heavy atom. The van der Waals surface area contributed by atoms with Crippen LogP contribution in [0.3, 0.4) is 0 Å². The van der Waals surface area contributed by atoms with Crippen molar-refractivity contribution in [1.82, 2.24) is 9.97 Å². The molecule has 0 amide bonds. The van der Waals surface area contributed by atoms with E-state index in [1.807, 2.05) is 60.7 Å². The number of nitrogens with zero attached hydrogens (tertiary/aromatic N) is 3. The molecule has 5 heteroatoms. The van der Waals surface area contributed by atoms with Gasteiger partial charge in [-0.3, -0.25) is 9.98 Å². The summed E-state index contributed by atoms with van der Waals surface area (Å²) in [6, 6.07) is 21.8. The third-order valence-corrected chi connectivity index (χ3v) is 6.70. The van der Waals surface area contributed by atoms with E-state index in [1.54, 1.807) is 18.6 Å². The molecule has 38 heavy (non-hydrogen) atoms. The normalized spacial score (nSPS) is 12.5. The smallest absolute Gasteiger partial charge is 0.229 e. The molecule has 192 valence electrons. The van der Waals surface area contributed by atoms with E-state index in [0.717, 1.165) is 33.3 Å². The van der Waals surface area contributed by atoms with Crippen LogP contribution in [0, 0.1) is 0 Å². The Morgan fingerprint density at radius 3 is 2.24 bits per heavy atom. The first-order valence-electron chi connectivity index (χ1n) is 12.8. The van der Waals surface area contributed by atoms with Gasteiger partial charge in [0.25, 0.3) is 0 Å². The van der Waals surface area contributed by atoms with Crippen LogP contribution in [-0.2, 0) is 10.8 Å². The predicted octanol–water partition coefficient (Wildman–Crippen LogP) is 8.61. The highest BCUT2D eigenvalue weighted by atomic mass is 16.3. The Labute approximate surface area is 223 Å². The van der Waals surface area contributed by atoms with Crippen LogP contribution in [0.5, 0.6) is 5.75 Å². The third kappa shape index (κ3) is 4.97. The van der Waals surface area contributed by atoms with Gasteiger partial charge in [0.1, 0.15) is 11.3 Å². The lowest BCUT2D eigenvalue weighted by Crippen LogP contribution is -2.17. The number of phenolic OH excluding ortho intramolecular Hbond substituents is 1. The van der Waals surface area contributed by atoms with Gasteiger partial charge in [-0.25, -0.2) is 4.98 Å². The lowest BCUT2D eigenvalue weighted by Gasteiger charge is -2.27. The number of fused-ring (bicyclic) bond motifs is 1. The van der Waals surface area contributed by atoms with Crippen LogP contribution in [0.1, 0.15) is 58.2 Å². The molecule has 0 aliphatic carbocycles. The molecule has 1 N–H and O–H groups in total. The maximum atomic E-state index is 11.2. The van der Waals surface area contributed by atoms with E-state index in [9.17, 15) is 5.11 Å². The Balaban J connectivity index is 1.59. The molecule has 2 aromatic heterocycles. The van der Waals surface area contributed by atoms with Crippen molar-refractivity contribution in [3.63, 3.8) is 0 Å². The first kappa shape index (κ1) is 25.4. The maximum Gasteiger partial charge on any atom is 0.229 e. The molecule has 5 aromatic rings. The van der Waals surface area contributed by atoms with Crippen molar-refractivity contribution in [2.45, 2.75) is 52.4 Å². The molecule has 0 atom stereocenters. The molecular formula is C33H33N3O2. The fourth-order valence-electron chi connectivity index (χ4n) is 4.49. The van der Waals surface area contributed by atoms with Gasteiger partial charge in [0.2, 0.25) is 5.89 Å². The number of pyridine rings is 1. The van der Waals surface area contributed by atoms with E-state index < -0.39 is 0 Å². The fourth-order valence-corrected chi connectivity index (χ4v) is 4.49. The summed E-state index contributed by atoms with van der Waals surface area (Å²) in [7, 11) is 0. The topological polar surface area (TPSA) is 71.5 Å². The van der Waals surface area contributed by atoms with Crippen LogP contribution in [0.15, 0.2) is 88.5 Å². The zero-order valence-corrected chi connectivity index (χ0v) is 22.8. The highest BCUT2D eigenvalue weighted by Crippen LogP contribution is 2.38. The lowest BCUT2D eigenvalue weighted by atomic mass is 9.79. The van der Waals surface area contributed by atoms with Crippen molar-refractivity contribution < 1.29 is 9.52 Å². The summed E-state index contributed by atoms with van der Waals surface area (Å²) in [5.74, 6) is 0.757. The first-order valence-corrected chi connectivity index (χ1v) is 12.8. The van der Waals surface area contributed by atoms with Crippen LogP contribution in [0.2, 0.25) is 0 Å². The largest absolute Gasteiger partial charge is 0.507 e. The predicted molar refractivity (Wildman–Crippen MR) is 155 cm³/mol. The summed E-state index contributed by atoms with van der Waals surface area (Å²) in [6.45, 7) is 12.9. The summed E-state index contributed by atoms with van der Waals surface area (Å²) in [5.41, 5.74) is 7.46. The number of aliphatic imine (C=N–C) groups is 1. The zero-order chi connectivity index (χ0) is 27.1. The third-order valence-electron chi connectivity index (χ3n) is 6.70. The summed E-state index contributed by atoms with van der Waals surface area (Å²) in [6.07, 6.45) is 5.28. The quantitative estimate of drug-likeness (QED) is 0.249. The molecule has 0 radical (unpaired) electrons. The lowest BCUT2D eigenvalue weighted by molar-refractivity contribution is 0.444. The number of aromatic nitrogens is 2. The van der Waals surface area contributed by atoms with Gasteiger partial charge < -0.3 is 9.52 Å². The summed E-state index contributed by atoms with van der Waals surface area (Å²) in [5, 5.41) is 11.2. The molecule has 0 fully saturated rings. The summed E-state index contributed by atoms with van der Waals surface area (Å²) < 4.78 is 6.21. The summed E-state index contributed by atoms with van der Waals surface area (Å²) in [4.78, 5) is 13.8. The number of oxazole rings is 1. The van der Waals surface area contributed by atoms with E-state index in [-0.39, 0.29) is 16.6 Å². The molecule has 0 aliphatic heterocycles. The molecule has 0 saturated carbocycles. The van der Waals surface area contributed by atoms with Crippen LogP contribution >= 0.6 is 0 Å². The second kappa shape index (κ2) is 9.56. The maximum absolute atomic E-state index is 11.2. The Kier molecular flexibility index (Phi) is 6.39. The van der Waals surface area contributed by atoms with E-state index >= 15 is 0 Å². The Morgan fingerprint density at radius 2 is 1.53 bits per heavy atom. The van der Waals surface area contributed by atoms with Crippen LogP contribution in [0.4, 0.5) is 5.69 Å². The number of para-hydroxylation sites is 2. The number of aromatic hydroxyl groups is 1. The summed E-state index contributed by atoms with van der Waals surface area (Å²) >= 11 is 0. The number of hydrogen-bond acceptors (Lipinski definition) is 5. The van der Waals surface area contributed by atoms with Gasteiger partial charge in [-0.2, -0.15) is 0 Å². The number of benzene rings is 3. The molecule has 2 heterocycles.